The second-order valence-corrected chi connectivity index (χ2v) is 5.45. The summed E-state index contributed by atoms with van der Waals surface area (Å²) in [6.45, 7) is 2.26. The molecule has 0 saturated heterocycles. The number of carbonyl (C=O) groups excluding carboxylic acids is 1. The highest BCUT2D eigenvalue weighted by Crippen LogP contribution is 2.21. The van der Waals surface area contributed by atoms with E-state index in [1.165, 1.54) is 0 Å². The number of nitrogens with one attached hydrogen (secondary N) is 1. The van der Waals surface area contributed by atoms with E-state index in [1.807, 2.05) is 13.0 Å². The third kappa shape index (κ3) is 3.90. The van der Waals surface area contributed by atoms with E-state index in [1.54, 1.807) is 37.4 Å². The van der Waals surface area contributed by atoms with E-state index in [4.69, 9.17) is 27.9 Å². The summed E-state index contributed by atoms with van der Waals surface area (Å²) < 4.78 is 5.22. The molecule has 1 amide bonds. The van der Waals surface area contributed by atoms with Crippen molar-refractivity contribution in [3.05, 3.63) is 63.1 Å². The molecule has 0 heterocycles. The summed E-state index contributed by atoms with van der Waals surface area (Å²) in [6.07, 6.45) is 0. The number of hydrogen-bond acceptors (Lipinski definition) is 2. The topological polar surface area (TPSA) is 38.3 Å². The minimum absolute atomic E-state index is 0.181. The summed E-state index contributed by atoms with van der Waals surface area (Å²) in [5.74, 6) is 0.506. The minimum Gasteiger partial charge on any atom is -0.496 e. The molecule has 0 bridgehead atoms. The summed E-state index contributed by atoms with van der Waals surface area (Å²) in [5.41, 5.74) is 2.34. The second kappa shape index (κ2) is 6.83. The van der Waals surface area contributed by atoms with Gasteiger partial charge in [-0.3, -0.25) is 4.79 Å². The van der Waals surface area contributed by atoms with Gasteiger partial charge in [-0.05, 0) is 42.3 Å². The smallest absolute Gasteiger partial charge is 0.251 e. The predicted octanol–water partition coefficient (Wildman–Crippen LogP) is 4.24. The zero-order chi connectivity index (χ0) is 15.4. The van der Waals surface area contributed by atoms with Crippen LogP contribution in [0.25, 0.3) is 0 Å². The Labute approximate surface area is 133 Å². The van der Waals surface area contributed by atoms with Crippen LogP contribution in [0.2, 0.25) is 10.0 Å². The van der Waals surface area contributed by atoms with Crippen LogP contribution in [-0.4, -0.2) is 13.0 Å². The monoisotopic (exact) mass is 323 g/mol. The van der Waals surface area contributed by atoms with Gasteiger partial charge < -0.3 is 10.1 Å². The van der Waals surface area contributed by atoms with E-state index in [9.17, 15) is 4.79 Å². The Morgan fingerprint density at radius 1 is 1.19 bits per heavy atom. The zero-order valence-electron chi connectivity index (χ0n) is 11.7. The maximum absolute atomic E-state index is 12.1. The van der Waals surface area contributed by atoms with Crippen LogP contribution in [0.4, 0.5) is 0 Å². The molecule has 0 aromatic heterocycles. The van der Waals surface area contributed by atoms with Crippen LogP contribution in [0.3, 0.4) is 0 Å². The Morgan fingerprint density at radius 2 is 1.95 bits per heavy atom. The Morgan fingerprint density at radius 3 is 2.62 bits per heavy atom. The summed E-state index contributed by atoms with van der Waals surface area (Å²) in [6, 6.07) is 10.5. The number of methoxy groups -OCH3 is 1. The van der Waals surface area contributed by atoms with Gasteiger partial charge in [0.15, 0.2) is 0 Å². The molecule has 0 aliphatic carbocycles. The van der Waals surface area contributed by atoms with E-state index in [2.05, 4.69) is 5.32 Å². The number of carbonyl (C=O) groups is 1. The first-order valence-electron chi connectivity index (χ1n) is 6.38. The minimum atomic E-state index is -0.181. The van der Waals surface area contributed by atoms with Crippen molar-refractivity contribution in [1.29, 1.82) is 0 Å². The fourth-order valence-electron chi connectivity index (χ4n) is 1.90. The second-order valence-electron chi connectivity index (χ2n) is 4.60. The van der Waals surface area contributed by atoms with Gasteiger partial charge in [-0.15, -0.1) is 0 Å². The van der Waals surface area contributed by atoms with Crippen LogP contribution in [0.5, 0.6) is 5.75 Å². The molecular weight excluding hydrogens is 309 g/mol. The lowest BCUT2D eigenvalue weighted by Gasteiger charge is -2.09. The molecule has 0 radical (unpaired) electrons. The molecule has 0 aliphatic heterocycles. The van der Waals surface area contributed by atoms with Crippen molar-refractivity contribution in [2.45, 2.75) is 13.5 Å². The molecule has 2 rings (SSSR count). The molecule has 1 N–H and O–H groups in total. The molecule has 2 aromatic carbocycles. The Kier molecular flexibility index (Phi) is 5.10. The average molecular weight is 324 g/mol. The number of ether oxygens (including phenoxy) is 1. The van der Waals surface area contributed by atoms with Crippen LogP contribution < -0.4 is 10.1 Å². The average Bonchev–Trinajstić information content (AvgIpc) is 2.46. The van der Waals surface area contributed by atoms with E-state index < -0.39 is 0 Å². The summed E-state index contributed by atoms with van der Waals surface area (Å²) in [4.78, 5) is 12.1. The number of hydrogen-bond donors (Lipinski definition) is 1. The van der Waals surface area contributed by atoms with Crippen LogP contribution >= 0.6 is 23.2 Å². The molecular formula is C16H15Cl2NO2. The van der Waals surface area contributed by atoms with Crippen LogP contribution in [0.15, 0.2) is 36.4 Å². The molecule has 0 spiro atoms. The highest BCUT2D eigenvalue weighted by Gasteiger charge is 2.09. The SMILES string of the molecule is COc1cc(C(=O)NCc2ccc(Cl)cc2Cl)ccc1C. The van der Waals surface area contributed by atoms with Crippen molar-refractivity contribution < 1.29 is 9.53 Å². The lowest BCUT2D eigenvalue weighted by Crippen LogP contribution is -2.23. The lowest BCUT2D eigenvalue weighted by molar-refractivity contribution is 0.0950. The molecule has 0 saturated carbocycles. The third-order valence-corrected chi connectivity index (χ3v) is 3.71. The molecule has 3 nitrogen and oxygen atoms in total. The van der Waals surface area contributed by atoms with E-state index in [0.29, 0.717) is 27.9 Å². The standard InChI is InChI=1S/C16H15Cl2NO2/c1-10-3-4-11(7-15(10)21-2)16(20)19-9-12-5-6-13(17)8-14(12)18/h3-8H,9H2,1-2H3,(H,19,20). The van der Waals surface area contributed by atoms with Crippen molar-refractivity contribution in [3.63, 3.8) is 0 Å². The number of rotatable bonds is 4. The van der Waals surface area contributed by atoms with E-state index >= 15 is 0 Å². The number of benzene rings is 2. The van der Waals surface area contributed by atoms with Gasteiger partial charge in [0.25, 0.3) is 5.91 Å². The van der Waals surface area contributed by atoms with Gasteiger partial charge in [-0.25, -0.2) is 0 Å². The Bertz CT molecular complexity index is 671. The van der Waals surface area contributed by atoms with Crippen molar-refractivity contribution in [1.82, 2.24) is 5.32 Å². The summed E-state index contributed by atoms with van der Waals surface area (Å²) >= 11 is 11.9. The molecule has 110 valence electrons. The van der Waals surface area contributed by atoms with Gasteiger partial charge in [-0.1, -0.05) is 35.3 Å². The first-order valence-corrected chi connectivity index (χ1v) is 7.13. The van der Waals surface area contributed by atoms with Gasteiger partial charge in [0.2, 0.25) is 0 Å². The number of aryl methyl sites for hydroxylation is 1. The predicted molar refractivity (Wildman–Crippen MR) is 85.4 cm³/mol. The quantitative estimate of drug-likeness (QED) is 0.913. The van der Waals surface area contributed by atoms with Crippen molar-refractivity contribution in [2.24, 2.45) is 0 Å². The van der Waals surface area contributed by atoms with Gasteiger partial charge in [0, 0.05) is 22.2 Å². The van der Waals surface area contributed by atoms with E-state index in [0.717, 1.165) is 11.1 Å². The zero-order valence-corrected chi connectivity index (χ0v) is 13.3. The highest BCUT2D eigenvalue weighted by molar-refractivity contribution is 6.35. The van der Waals surface area contributed by atoms with Crippen molar-refractivity contribution in [3.8, 4) is 5.75 Å². The number of halogens is 2. The van der Waals surface area contributed by atoms with Crippen molar-refractivity contribution in [2.75, 3.05) is 7.11 Å². The van der Waals surface area contributed by atoms with Crippen LogP contribution in [0, 0.1) is 6.92 Å². The van der Waals surface area contributed by atoms with Crippen LogP contribution in [-0.2, 0) is 6.54 Å². The van der Waals surface area contributed by atoms with Crippen molar-refractivity contribution >= 4 is 29.1 Å². The molecule has 0 fully saturated rings. The summed E-state index contributed by atoms with van der Waals surface area (Å²) in [7, 11) is 1.58. The first kappa shape index (κ1) is 15.7. The molecule has 5 heteroatoms. The maximum atomic E-state index is 12.1. The van der Waals surface area contributed by atoms with Gasteiger partial charge in [0.05, 0.1) is 7.11 Å². The third-order valence-electron chi connectivity index (χ3n) is 3.12. The highest BCUT2D eigenvalue weighted by atomic mass is 35.5. The normalized spacial score (nSPS) is 10.3. The fourth-order valence-corrected chi connectivity index (χ4v) is 2.38. The lowest BCUT2D eigenvalue weighted by atomic mass is 10.1. The Hall–Kier alpha value is -1.71. The summed E-state index contributed by atoms with van der Waals surface area (Å²) in [5, 5.41) is 3.92. The molecule has 0 atom stereocenters. The van der Waals surface area contributed by atoms with E-state index in [-0.39, 0.29) is 5.91 Å². The first-order chi connectivity index (χ1) is 10.0. The molecule has 2 aromatic rings. The Balaban J connectivity index is 2.08. The molecule has 0 aliphatic rings. The molecule has 0 unspecified atom stereocenters. The number of amides is 1. The fraction of sp³-hybridized carbons (Fsp3) is 0.188. The maximum Gasteiger partial charge on any atom is 0.251 e. The van der Waals surface area contributed by atoms with Crippen LogP contribution in [0.1, 0.15) is 21.5 Å². The largest absolute Gasteiger partial charge is 0.496 e. The van der Waals surface area contributed by atoms with Gasteiger partial charge in [-0.2, -0.15) is 0 Å². The van der Waals surface area contributed by atoms with Gasteiger partial charge >= 0.3 is 0 Å². The molecule has 21 heavy (non-hydrogen) atoms. The van der Waals surface area contributed by atoms with Gasteiger partial charge in [0.1, 0.15) is 5.75 Å².